The molecule has 2 atom stereocenters. The van der Waals surface area contributed by atoms with Gasteiger partial charge in [-0.05, 0) is 59.7 Å². The van der Waals surface area contributed by atoms with E-state index in [-0.39, 0.29) is 47.1 Å². The first-order valence-electron chi connectivity index (χ1n) is 14.5. The second-order valence-corrected chi connectivity index (χ2v) is 10.4. The van der Waals surface area contributed by atoms with Crippen molar-refractivity contribution in [3.05, 3.63) is 119 Å². The Labute approximate surface area is 273 Å². The second-order valence-electron chi connectivity index (χ2n) is 10.4. The zero-order valence-electron chi connectivity index (χ0n) is 25.6. The van der Waals surface area contributed by atoms with Crippen LogP contribution in [-0.4, -0.2) is 72.0 Å². The number of nitrogens with one attached hydrogen (secondary N) is 2. The molecule has 4 aliphatic rings. The third-order valence-electron chi connectivity index (χ3n) is 7.11. The number of ether oxygens (including phenoxy) is 4. The van der Waals surface area contributed by atoms with Crippen LogP contribution in [0.2, 0.25) is 0 Å². The Morgan fingerprint density at radius 1 is 0.583 bits per heavy atom. The molecule has 14 nitrogen and oxygen atoms in total. The molecule has 0 aliphatic carbocycles. The number of amides is 2. The molecule has 244 valence electrons. The Balaban J connectivity index is 1.48. The summed E-state index contributed by atoms with van der Waals surface area (Å²) in [5.74, 6) is -4.33. The third kappa shape index (κ3) is 8.04. The van der Waals surface area contributed by atoms with Crippen LogP contribution in [0.5, 0.6) is 11.5 Å². The standard InChI is InChI=1S/C34H28N4O10/c1-45-31(41)27-17-19-9-13-21(14-10-19)47-33(43)25-7-4-8-26(36-25)34(44)48-22-15-11-20(12-16-22)18-28(32(42)46-2)38-30(40)24-6-3-5-23(35-24)29(39)37-27/h3-16,27-28H,17-18H2,1-2H3,(H,37,39)(H,38,40)/t27-,28+. The monoisotopic (exact) mass is 652 g/mol. The van der Waals surface area contributed by atoms with Crippen LogP contribution in [0.1, 0.15) is 53.1 Å². The maximum absolute atomic E-state index is 13.2. The van der Waals surface area contributed by atoms with Gasteiger partial charge in [0.05, 0.1) is 14.2 Å². The fraction of sp³-hybridized carbons (Fsp3) is 0.176. The average Bonchev–Trinajstić information content (AvgIpc) is 3.11. The van der Waals surface area contributed by atoms with E-state index in [0.717, 1.165) is 0 Å². The van der Waals surface area contributed by atoms with Crippen molar-refractivity contribution in [3.63, 3.8) is 0 Å². The Morgan fingerprint density at radius 3 is 1.31 bits per heavy atom. The van der Waals surface area contributed by atoms with E-state index in [0.29, 0.717) is 11.1 Å². The molecule has 0 saturated heterocycles. The van der Waals surface area contributed by atoms with Gasteiger partial charge in [0.2, 0.25) is 0 Å². The summed E-state index contributed by atoms with van der Waals surface area (Å²) in [7, 11) is 2.34. The molecule has 8 bridgehead atoms. The lowest BCUT2D eigenvalue weighted by atomic mass is 10.1. The summed E-state index contributed by atoms with van der Waals surface area (Å²) < 4.78 is 20.6. The summed E-state index contributed by atoms with van der Waals surface area (Å²) in [6.45, 7) is 0. The molecule has 4 aromatic rings. The number of methoxy groups -OCH3 is 2. The van der Waals surface area contributed by atoms with Crippen molar-refractivity contribution in [2.24, 2.45) is 0 Å². The Kier molecular flexibility index (Phi) is 10.1. The van der Waals surface area contributed by atoms with Crippen LogP contribution in [0.3, 0.4) is 0 Å². The topological polar surface area (TPSA) is 189 Å². The zero-order valence-corrected chi connectivity index (χ0v) is 25.6. The van der Waals surface area contributed by atoms with Gasteiger partial charge in [-0.15, -0.1) is 0 Å². The maximum atomic E-state index is 13.2. The normalized spacial score (nSPS) is 17.0. The molecule has 0 fully saturated rings. The fourth-order valence-electron chi connectivity index (χ4n) is 4.66. The molecule has 4 aliphatic heterocycles. The summed E-state index contributed by atoms with van der Waals surface area (Å²) in [5, 5.41) is 5.15. The number of aromatic nitrogens is 2. The molecule has 2 amide bonds. The molecular weight excluding hydrogens is 624 g/mol. The summed E-state index contributed by atoms with van der Waals surface area (Å²) in [5.41, 5.74) is 0.533. The Morgan fingerprint density at radius 2 is 0.938 bits per heavy atom. The molecule has 2 aromatic carbocycles. The molecule has 2 N–H and O–H groups in total. The number of pyridine rings is 2. The van der Waals surface area contributed by atoms with Crippen molar-refractivity contribution in [2.75, 3.05) is 14.2 Å². The number of nitrogens with zero attached hydrogens (tertiary/aromatic N) is 2. The predicted octanol–water partition coefficient (Wildman–Crippen LogP) is 2.26. The number of rotatable bonds is 2. The van der Waals surface area contributed by atoms with Crippen molar-refractivity contribution >= 4 is 35.7 Å². The van der Waals surface area contributed by atoms with E-state index < -0.39 is 47.8 Å². The molecule has 0 saturated carbocycles. The van der Waals surface area contributed by atoms with Crippen molar-refractivity contribution in [3.8, 4) is 11.5 Å². The van der Waals surface area contributed by atoms with Gasteiger partial charge in [-0.2, -0.15) is 0 Å². The van der Waals surface area contributed by atoms with Crippen molar-refractivity contribution in [1.29, 1.82) is 0 Å². The number of hydrogen-bond acceptors (Lipinski definition) is 12. The summed E-state index contributed by atoms with van der Waals surface area (Å²) in [6, 6.07) is 18.3. The van der Waals surface area contributed by atoms with Gasteiger partial charge in [0.25, 0.3) is 11.8 Å². The van der Waals surface area contributed by atoms with Crippen molar-refractivity contribution in [1.82, 2.24) is 20.6 Å². The van der Waals surface area contributed by atoms with Gasteiger partial charge in [-0.25, -0.2) is 29.1 Å². The van der Waals surface area contributed by atoms with Gasteiger partial charge >= 0.3 is 23.9 Å². The quantitative estimate of drug-likeness (QED) is 0.238. The molecule has 0 spiro atoms. The highest BCUT2D eigenvalue weighted by Gasteiger charge is 2.26. The molecule has 6 heterocycles. The van der Waals surface area contributed by atoms with E-state index in [9.17, 15) is 28.8 Å². The van der Waals surface area contributed by atoms with Gasteiger partial charge in [-0.3, -0.25) is 9.59 Å². The lowest BCUT2D eigenvalue weighted by Crippen LogP contribution is -2.44. The fourth-order valence-corrected chi connectivity index (χ4v) is 4.66. The highest BCUT2D eigenvalue weighted by Crippen LogP contribution is 2.18. The van der Waals surface area contributed by atoms with E-state index in [2.05, 4.69) is 20.6 Å². The van der Waals surface area contributed by atoms with Crippen LogP contribution in [0.4, 0.5) is 0 Å². The van der Waals surface area contributed by atoms with Crippen LogP contribution >= 0.6 is 0 Å². The minimum atomic E-state index is -1.14. The molecule has 8 rings (SSSR count). The number of esters is 4. The maximum Gasteiger partial charge on any atom is 0.362 e. The van der Waals surface area contributed by atoms with E-state index in [1.165, 1.54) is 74.9 Å². The van der Waals surface area contributed by atoms with E-state index >= 15 is 0 Å². The van der Waals surface area contributed by atoms with Crippen LogP contribution in [0, 0.1) is 0 Å². The Hall–Kier alpha value is -6.44. The number of carbonyl (C=O) groups is 6. The van der Waals surface area contributed by atoms with Crippen LogP contribution < -0.4 is 20.1 Å². The van der Waals surface area contributed by atoms with Crippen molar-refractivity contribution in [2.45, 2.75) is 24.9 Å². The van der Waals surface area contributed by atoms with Crippen LogP contribution in [0.25, 0.3) is 0 Å². The van der Waals surface area contributed by atoms with Gasteiger partial charge < -0.3 is 29.6 Å². The predicted molar refractivity (Wildman–Crippen MR) is 165 cm³/mol. The van der Waals surface area contributed by atoms with Gasteiger partial charge in [0.1, 0.15) is 46.4 Å². The third-order valence-corrected chi connectivity index (χ3v) is 7.11. The molecular formula is C34H28N4O10. The van der Waals surface area contributed by atoms with Gasteiger partial charge in [0, 0.05) is 12.8 Å². The second kappa shape index (κ2) is 14.8. The Bertz CT molecular complexity index is 1750. The number of benzene rings is 2. The summed E-state index contributed by atoms with van der Waals surface area (Å²) >= 11 is 0. The highest BCUT2D eigenvalue weighted by atomic mass is 16.5. The first-order valence-corrected chi connectivity index (χ1v) is 14.5. The number of hydrogen-bond donors (Lipinski definition) is 2. The minimum absolute atomic E-state index is 0.0000696. The smallest absolute Gasteiger partial charge is 0.362 e. The average molecular weight is 653 g/mol. The van der Waals surface area contributed by atoms with Crippen LogP contribution in [0.15, 0.2) is 84.9 Å². The van der Waals surface area contributed by atoms with E-state index in [1.54, 1.807) is 24.3 Å². The summed E-state index contributed by atoms with van der Waals surface area (Å²) in [4.78, 5) is 85.4. The lowest BCUT2D eigenvalue weighted by molar-refractivity contribution is -0.143. The highest BCUT2D eigenvalue weighted by molar-refractivity contribution is 5.99. The van der Waals surface area contributed by atoms with E-state index in [1.807, 2.05) is 0 Å². The molecule has 48 heavy (non-hydrogen) atoms. The largest absolute Gasteiger partial charge is 0.467 e. The van der Waals surface area contributed by atoms with Gasteiger partial charge in [-0.1, -0.05) is 36.4 Å². The van der Waals surface area contributed by atoms with Crippen molar-refractivity contribution < 1.29 is 47.7 Å². The lowest BCUT2D eigenvalue weighted by Gasteiger charge is -2.18. The molecule has 0 radical (unpaired) electrons. The number of carbonyl (C=O) groups excluding carboxylic acids is 6. The first kappa shape index (κ1) is 32.9. The molecule has 0 unspecified atom stereocenters. The summed E-state index contributed by atoms with van der Waals surface area (Å²) in [6.07, 6.45) is 0.000139. The molecule has 14 heteroatoms. The van der Waals surface area contributed by atoms with Gasteiger partial charge in [0.15, 0.2) is 0 Å². The SMILES string of the molecule is COC(=O)[C@@H]1Cc2ccc(cc2)OC(=O)c2cccc(n2)C(=O)Oc2ccc(cc2)C[C@H](C(=O)OC)NC(=O)c2cccc(n2)C(=O)N1. The molecule has 2 aromatic heterocycles. The zero-order chi connectivity index (χ0) is 34.2. The first-order chi connectivity index (χ1) is 23.1. The van der Waals surface area contributed by atoms with E-state index in [4.69, 9.17) is 18.9 Å². The minimum Gasteiger partial charge on any atom is -0.467 e. The van der Waals surface area contributed by atoms with Crippen LogP contribution in [-0.2, 0) is 31.9 Å².